The molecule has 0 heterocycles. The summed E-state index contributed by atoms with van der Waals surface area (Å²) in [4.78, 5) is 6.27. The van der Waals surface area contributed by atoms with Crippen LogP contribution >= 0.6 is 0 Å². The van der Waals surface area contributed by atoms with Crippen LogP contribution in [-0.2, 0) is 6.54 Å². The van der Waals surface area contributed by atoms with Crippen LogP contribution in [0.1, 0.15) is 24.0 Å². The Labute approximate surface area is 101 Å². The smallest absolute Gasteiger partial charge is 0.191 e. The van der Waals surface area contributed by atoms with Gasteiger partial charge in [-0.2, -0.15) is 0 Å². The SMILES string of the molecule is Cc1ccc(CN=C(N)N(C)C2CC2)cc1F. The zero-order valence-electron chi connectivity index (χ0n) is 10.3. The number of hydrogen-bond donors (Lipinski definition) is 1. The van der Waals surface area contributed by atoms with Gasteiger partial charge in [-0.25, -0.2) is 9.38 Å². The molecule has 17 heavy (non-hydrogen) atoms. The number of aryl methyl sites for hydroxylation is 1. The van der Waals surface area contributed by atoms with Crippen molar-refractivity contribution < 1.29 is 4.39 Å². The predicted molar refractivity (Wildman–Crippen MR) is 67.2 cm³/mol. The average molecular weight is 235 g/mol. The second kappa shape index (κ2) is 4.73. The maximum absolute atomic E-state index is 13.3. The fraction of sp³-hybridized carbons (Fsp3) is 0.462. The minimum atomic E-state index is -0.188. The van der Waals surface area contributed by atoms with Crippen LogP contribution in [0.2, 0.25) is 0 Å². The van der Waals surface area contributed by atoms with Crippen LogP contribution < -0.4 is 5.73 Å². The highest BCUT2D eigenvalue weighted by atomic mass is 19.1. The van der Waals surface area contributed by atoms with Crippen molar-refractivity contribution in [3.05, 3.63) is 35.1 Å². The molecule has 0 atom stereocenters. The topological polar surface area (TPSA) is 41.6 Å². The normalized spacial score (nSPS) is 16.1. The maximum Gasteiger partial charge on any atom is 0.191 e. The Morgan fingerprint density at radius 1 is 1.53 bits per heavy atom. The van der Waals surface area contributed by atoms with Gasteiger partial charge in [0.15, 0.2) is 5.96 Å². The van der Waals surface area contributed by atoms with Gasteiger partial charge in [0.25, 0.3) is 0 Å². The Hall–Kier alpha value is -1.58. The summed E-state index contributed by atoms with van der Waals surface area (Å²) < 4.78 is 13.3. The molecule has 3 nitrogen and oxygen atoms in total. The molecule has 0 aromatic heterocycles. The van der Waals surface area contributed by atoms with E-state index in [1.54, 1.807) is 13.0 Å². The van der Waals surface area contributed by atoms with Crippen molar-refractivity contribution in [2.45, 2.75) is 32.4 Å². The molecule has 1 saturated carbocycles. The predicted octanol–water partition coefficient (Wildman–Crippen LogP) is 2.04. The first-order valence-corrected chi connectivity index (χ1v) is 5.85. The molecule has 1 aliphatic rings. The van der Waals surface area contributed by atoms with Crippen molar-refractivity contribution in [3.63, 3.8) is 0 Å². The van der Waals surface area contributed by atoms with Crippen LogP contribution in [0.4, 0.5) is 4.39 Å². The van der Waals surface area contributed by atoms with E-state index in [0.717, 1.165) is 5.56 Å². The van der Waals surface area contributed by atoms with E-state index >= 15 is 0 Å². The fourth-order valence-electron chi connectivity index (χ4n) is 1.67. The minimum absolute atomic E-state index is 0.188. The van der Waals surface area contributed by atoms with Crippen molar-refractivity contribution in [1.82, 2.24) is 4.90 Å². The van der Waals surface area contributed by atoms with Crippen molar-refractivity contribution in [3.8, 4) is 0 Å². The van der Waals surface area contributed by atoms with Gasteiger partial charge in [0.2, 0.25) is 0 Å². The van der Waals surface area contributed by atoms with E-state index < -0.39 is 0 Å². The van der Waals surface area contributed by atoms with Crippen LogP contribution in [0.25, 0.3) is 0 Å². The summed E-state index contributed by atoms with van der Waals surface area (Å²) in [5, 5.41) is 0. The van der Waals surface area contributed by atoms with Gasteiger partial charge in [-0.15, -0.1) is 0 Å². The highest BCUT2D eigenvalue weighted by Gasteiger charge is 2.27. The highest BCUT2D eigenvalue weighted by Crippen LogP contribution is 2.24. The fourth-order valence-corrected chi connectivity index (χ4v) is 1.67. The van der Waals surface area contributed by atoms with Crippen molar-refractivity contribution in [2.75, 3.05) is 7.05 Å². The van der Waals surface area contributed by atoms with E-state index in [1.165, 1.54) is 18.9 Å². The number of hydrogen-bond acceptors (Lipinski definition) is 1. The van der Waals surface area contributed by atoms with Gasteiger partial charge in [0.05, 0.1) is 6.54 Å². The van der Waals surface area contributed by atoms with E-state index in [-0.39, 0.29) is 5.82 Å². The Morgan fingerprint density at radius 2 is 2.24 bits per heavy atom. The summed E-state index contributed by atoms with van der Waals surface area (Å²) in [6.07, 6.45) is 2.37. The molecule has 2 rings (SSSR count). The number of halogens is 1. The molecule has 0 aliphatic heterocycles. The lowest BCUT2D eigenvalue weighted by molar-refractivity contribution is 0.487. The molecule has 0 bridgehead atoms. The summed E-state index contributed by atoms with van der Waals surface area (Å²) in [6.45, 7) is 2.18. The second-order valence-corrected chi connectivity index (χ2v) is 4.60. The van der Waals surface area contributed by atoms with Crippen LogP contribution in [0.5, 0.6) is 0 Å². The zero-order chi connectivity index (χ0) is 12.4. The lowest BCUT2D eigenvalue weighted by Gasteiger charge is -2.16. The average Bonchev–Trinajstić information content (AvgIpc) is 3.13. The summed E-state index contributed by atoms with van der Waals surface area (Å²) in [7, 11) is 1.95. The first-order chi connectivity index (χ1) is 8.08. The van der Waals surface area contributed by atoms with E-state index in [1.807, 2.05) is 18.0 Å². The lowest BCUT2D eigenvalue weighted by Crippen LogP contribution is -2.35. The molecule has 4 heteroatoms. The molecule has 1 aromatic carbocycles. The highest BCUT2D eigenvalue weighted by molar-refractivity contribution is 5.78. The number of benzene rings is 1. The van der Waals surface area contributed by atoms with Crippen molar-refractivity contribution in [2.24, 2.45) is 10.7 Å². The van der Waals surface area contributed by atoms with Crippen molar-refractivity contribution >= 4 is 5.96 Å². The van der Waals surface area contributed by atoms with Gasteiger partial charge >= 0.3 is 0 Å². The van der Waals surface area contributed by atoms with Gasteiger partial charge in [0, 0.05) is 13.1 Å². The van der Waals surface area contributed by atoms with Gasteiger partial charge in [-0.05, 0) is 37.0 Å². The van der Waals surface area contributed by atoms with Crippen LogP contribution in [-0.4, -0.2) is 23.9 Å². The molecule has 0 radical (unpaired) electrons. The van der Waals surface area contributed by atoms with Gasteiger partial charge in [-0.3, -0.25) is 0 Å². The second-order valence-electron chi connectivity index (χ2n) is 4.60. The number of aliphatic imine (C=N–C) groups is 1. The largest absolute Gasteiger partial charge is 0.370 e. The third kappa shape index (κ3) is 2.96. The van der Waals surface area contributed by atoms with E-state index in [2.05, 4.69) is 4.99 Å². The number of guanidine groups is 1. The van der Waals surface area contributed by atoms with Crippen molar-refractivity contribution in [1.29, 1.82) is 0 Å². The number of rotatable bonds is 3. The molecular weight excluding hydrogens is 217 g/mol. The lowest BCUT2D eigenvalue weighted by atomic mass is 10.1. The minimum Gasteiger partial charge on any atom is -0.370 e. The molecule has 1 fully saturated rings. The Kier molecular flexibility index (Phi) is 3.31. The van der Waals surface area contributed by atoms with E-state index in [9.17, 15) is 4.39 Å². The molecule has 0 amide bonds. The van der Waals surface area contributed by atoms with E-state index in [0.29, 0.717) is 24.1 Å². The third-order valence-corrected chi connectivity index (χ3v) is 3.12. The molecular formula is C13H18FN3. The summed E-state index contributed by atoms with van der Waals surface area (Å²) in [5.41, 5.74) is 7.36. The molecule has 0 saturated heterocycles. The Morgan fingerprint density at radius 3 is 2.82 bits per heavy atom. The van der Waals surface area contributed by atoms with Gasteiger partial charge in [0.1, 0.15) is 5.82 Å². The summed E-state index contributed by atoms with van der Waals surface area (Å²) >= 11 is 0. The molecule has 2 N–H and O–H groups in total. The summed E-state index contributed by atoms with van der Waals surface area (Å²) in [6, 6.07) is 5.71. The molecule has 1 aliphatic carbocycles. The zero-order valence-corrected chi connectivity index (χ0v) is 10.3. The first-order valence-electron chi connectivity index (χ1n) is 5.85. The molecule has 1 aromatic rings. The molecule has 0 spiro atoms. The van der Waals surface area contributed by atoms with Crippen LogP contribution in [0.3, 0.4) is 0 Å². The van der Waals surface area contributed by atoms with Gasteiger partial charge < -0.3 is 10.6 Å². The molecule has 0 unspecified atom stereocenters. The number of nitrogens with zero attached hydrogens (tertiary/aromatic N) is 2. The third-order valence-electron chi connectivity index (χ3n) is 3.12. The first kappa shape index (κ1) is 11.9. The molecule has 92 valence electrons. The quantitative estimate of drug-likeness (QED) is 0.643. The Bertz CT molecular complexity index is 438. The monoisotopic (exact) mass is 235 g/mol. The maximum atomic E-state index is 13.3. The van der Waals surface area contributed by atoms with Crippen LogP contribution in [0, 0.1) is 12.7 Å². The standard InChI is InChI=1S/C13H18FN3/c1-9-3-4-10(7-12(9)14)8-16-13(15)17(2)11-5-6-11/h3-4,7,11H,5-6,8H2,1-2H3,(H2,15,16). The number of nitrogens with two attached hydrogens (primary N) is 1. The summed E-state index contributed by atoms with van der Waals surface area (Å²) in [5.74, 6) is 0.348. The van der Waals surface area contributed by atoms with Crippen LogP contribution in [0.15, 0.2) is 23.2 Å². The van der Waals surface area contributed by atoms with E-state index in [4.69, 9.17) is 5.73 Å². The Balaban J connectivity index is 2.00. The van der Waals surface area contributed by atoms with Gasteiger partial charge in [-0.1, -0.05) is 12.1 Å².